The van der Waals surface area contributed by atoms with Gasteiger partial charge in [0.2, 0.25) is 0 Å². The summed E-state index contributed by atoms with van der Waals surface area (Å²) in [6.45, 7) is 8.61. The molecule has 1 rings (SSSR count). The third-order valence-electron chi connectivity index (χ3n) is 2.10. The molecular formula is C12H18BrN. The Hall–Kier alpha value is -0.340. The van der Waals surface area contributed by atoms with Crippen molar-refractivity contribution in [3.63, 3.8) is 0 Å². The van der Waals surface area contributed by atoms with Gasteiger partial charge in [0.15, 0.2) is 0 Å². The molecule has 0 amide bonds. The van der Waals surface area contributed by atoms with E-state index in [4.69, 9.17) is 0 Å². The summed E-state index contributed by atoms with van der Waals surface area (Å²) in [5.41, 5.74) is 2.65. The third kappa shape index (κ3) is 3.81. The molecule has 1 aromatic rings. The van der Waals surface area contributed by atoms with Gasteiger partial charge in [-0.2, -0.15) is 0 Å². The van der Waals surface area contributed by atoms with Crippen molar-refractivity contribution in [2.45, 2.75) is 27.3 Å². The zero-order valence-electron chi connectivity index (χ0n) is 9.10. The van der Waals surface area contributed by atoms with Crippen molar-refractivity contribution in [2.24, 2.45) is 5.92 Å². The molecule has 0 saturated heterocycles. The summed E-state index contributed by atoms with van der Waals surface area (Å²) in [5.74, 6) is 0.714. The van der Waals surface area contributed by atoms with Gasteiger partial charge in [-0.1, -0.05) is 41.9 Å². The minimum absolute atomic E-state index is 0.714. The van der Waals surface area contributed by atoms with Crippen LogP contribution in [0.4, 0.5) is 0 Å². The molecule has 1 nitrogen and oxygen atoms in total. The highest BCUT2D eigenvalue weighted by Crippen LogP contribution is 2.16. The van der Waals surface area contributed by atoms with Crippen LogP contribution in [-0.2, 0) is 6.54 Å². The van der Waals surface area contributed by atoms with Crippen molar-refractivity contribution in [1.82, 2.24) is 5.32 Å². The molecule has 0 radical (unpaired) electrons. The monoisotopic (exact) mass is 255 g/mol. The van der Waals surface area contributed by atoms with Gasteiger partial charge in [-0.3, -0.25) is 0 Å². The van der Waals surface area contributed by atoms with E-state index in [0.717, 1.165) is 13.1 Å². The first kappa shape index (κ1) is 11.7. The zero-order chi connectivity index (χ0) is 10.6. The number of aryl methyl sites for hydroxylation is 1. The largest absolute Gasteiger partial charge is 0.312 e. The van der Waals surface area contributed by atoms with E-state index < -0.39 is 0 Å². The van der Waals surface area contributed by atoms with Crippen molar-refractivity contribution in [3.8, 4) is 0 Å². The lowest BCUT2D eigenvalue weighted by molar-refractivity contribution is 0.552. The van der Waals surface area contributed by atoms with Crippen molar-refractivity contribution >= 4 is 15.9 Å². The van der Waals surface area contributed by atoms with Crippen LogP contribution in [0.15, 0.2) is 22.7 Å². The first-order chi connectivity index (χ1) is 6.59. The SMILES string of the molecule is Cc1cc(CNCC(C)C)ccc1Br. The van der Waals surface area contributed by atoms with Crippen molar-refractivity contribution in [3.05, 3.63) is 33.8 Å². The normalized spacial score (nSPS) is 10.9. The van der Waals surface area contributed by atoms with E-state index in [1.165, 1.54) is 15.6 Å². The van der Waals surface area contributed by atoms with Gasteiger partial charge in [-0.15, -0.1) is 0 Å². The molecule has 0 atom stereocenters. The van der Waals surface area contributed by atoms with Gasteiger partial charge in [-0.05, 0) is 36.6 Å². The Kier molecular flexibility index (Phi) is 4.63. The maximum Gasteiger partial charge on any atom is 0.0205 e. The first-order valence-corrected chi connectivity index (χ1v) is 5.84. The van der Waals surface area contributed by atoms with Crippen LogP contribution in [0.3, 0.4) is 0 Å². The summed E-state index contributed by atoms with van der Waals surface area (Å²) in [7, 11) is 0. The first-order valence-electron chi connectivity index (χ1n) is 5.05. The van der Waals surface area contributed by atoms with E-state index in [9.17, 15) is 0 Å². The van der Waals surface area contributed by atoms with Crippen LogP contribution in [0.5, 0.6) is 0 Å². The average molecular weight is 256 g/mol. The number of rotatable bonds is 4. The van der Waals surface area contributed by atoms with E-state index in [2.05, 4.69) is 60.2 Å². The molecule has 0 unspecified atom stereocenters. The summed E-state index contributed by atoms with van der Waals surface area (Å²) in [4.78, 5) is 0. The van der Waals surface area contributed by atoms with Crippen molar-refractivity contribution in [1.29, 1.82) is 0 Å². The fourth-order valence-corrected chi connectivity index (χ4v) is 1.57. The highest BCUT2D eigenvalue weighted by molar-refractivity contribution is 9.10. The van der Waals surface area contributed by atoms with Gasteiger partial charge in [-0.25, -0.2) is 0 Å². The second kappa shape index (κ2) is 5.52. The Labute approximate surface area is 95.0 Å². The molecule has 0 bridgehead atoms. The van der Waals surface area contributed by atoms with E-state index in [-0.39, 0.29) is 0 Å². The topological polar surface area (TPSA) is 12.0 Å². The predicted molar refractivity (Wildman–Crippen MR) is 65.4 cm³/mol. The fraction of sp³-hybridized carbons (Fsp3) is 0.500. The van der Waals surface area contributed by atoms with Gasteiger partial charge in [0.05, 0.1) is 0 Å². The molecular weight excluding hydrogens is 238 g/mol. The molecule has 0 aromatic heterocycles. The third-order valence-corrected chi connectivity index (χ3v) is 2.99. The average Bonchev–Trinajstić information content (AvgIpc) is 2.10. The summed E-state index contributed by atoms with van der Waals surface area (Å²) in [6.07, 6.45) is 0. The van der Waals surface area contributed by atoms with Crippen LogP contribution >= 0.6 is 15.9 Å². The van der Waals surface area contributed by atoms with Crippen LogP contribution in [0.1, 0.15) is 25.0 Å². The van der Waals surface area contributed by atoms with Crippen molar-refractivity contribution in [2.75, 3.05) is 6.54 Å². The molecule has 1 N–H and O–H groups in total. The number of benzene rings is 1. The highest BCUT2D eigenvalue weighted by Gasteiger charge is 1.98. The van der Waals surface area contributed by atoms with E-state index in [1.807, 2.05) is 0 Å². The smallest absolute Gasteiger partial charge is 0.0205 e. The second-order valence-electron chi connectivity index (χ2n) is 4.11. The Balaban J connectivity index is 2.47. The number of nitrogens with one attached hydrogen (secondary N) is 1. The highest BCUT2D eigenvalue weighted by atomic mass is 79.9. The van der Waals surface area contributed by atoms with E-state index in [1.54, 1.807) is 0 Å². The van der Waals surface area contributed by atoms with Crippen molar-refractivity contribution < 1.29 is 0 Å². The number of hydrogen-bond acceptors (Lipinski definition) is 1. The fourth-order valence-electron chi connectivity index (χ4n) is 1.32. The molecule has 0 saturated carbocycles. The molecule has 0 spiro atoms. The van der Waals surface area contributed by atoms with Gasteiger partial charge < -0.3 is 5.32 Å². The number of halogens is 1. The Bertz CT molecular complexity index is 294. The minimum atomic E-state index is 0.714. The summed E-state index contributed by atoms with van der Waals surface area (Å²) in [6, 6.07) is 6.49. The molecule has 2 heteroatoms. The molecule has 0 aliphatic rings. The predicted octanol–water partition coefficient (Wildman–Crippen LogP) is 3.50. The lowest BCUT2D eigenvalue weighted by atomic mass is 10.1. The van der Waals surface area contributed by atoms with Gasteiger partial charge in [0.1, 0.15) is 0 Å². The molecule has 0 fully saturated rings. The van der Waals surface area contributed by atoms with Crippen LogP contribution in [0.2, 0.25) is 0 Å². The van der Waals surface area contributed by atoms with Gasteiger partial charge >= 0.3 is 0 Å². The van der Waals surface area contributed by atoms with Crippen LogP contribution in [0.25, 0.3) is 0 Å². The van der Waals surface area contributed by atoms with E-state index in [0.29, 0.717) is 5.92 Å². The Morgan fingerprint density at radius 3 is 2.64 bits per heavy atom. The van der Waals surface area contributed by atoms with Crippen LogP contribution < -0.4 is 5.32 Å². The quantitative estimate of drug-likeness (QED) is 0.869. The Morgan fingerprint density at radius 1 is 1.36 bits per heavy atom. The van der Waals surface area contributed by atoms with Crippen LogP contribution in [-0.4, -0.2) is 6.54 Å². The molecule has 14 heavy (non-hydrogen) atoms. The van der Waals surface area contributed by atoms with E-state index >= 15 is 0 Å². The summed E-state index contributed by atoms with van der Waals surface area (Å²) in [5, 5.41) is 3.43. The lowest BCUT2D eigenvalue weighted by Crippen LogP contribution is -2.18. The van der Waals surface area contributed by atoms with Gasteiger partial charge in [0, 0.05) is 11.0 Å². The Morgan fingerprint density at radius 2 is 2.07 bits per heavy atom. The van der Waals surface area contributed by atoms with Gasteiger partial charge in [0.25, 0.3) is 0 Å². The molecule has 0 aliphatic heterocycles. The summed E-state index contributed by atoms with van der Waals surface area (Å²) < 4.78 is 1.19. The maximum absolute atomic E-state index is 3.50. The lowest BCUT2D eigenvalue weighted by Gasteiger charge is -2.08. The zero-order valence-corrected chi connectivity index (χ0v) is 10.7. The molecule has 78 valence electrons. The standard InChI is InChI=1S/C12H18BrN/c1-9(2)7-14-8-11-4-5-12(13)10(3)6-11/h4-6,9,14H,7-8H2,1-3H3. The molecule has 1 aromatic carbocycles. The minimum Gasteiger partial charge on any atom is -0.312 e. The number of hydrogen-bond donors (Lipinski definition) is 1. The molecule has 0 aliphatic carbocycles. The molecule has 0 heterocycles. The van der Waals surface area contributed by atoms with Crippen LogP contribution in [0, 0.1) is 12.8 Å². The summed E-state index contributed by atoms with van der Waals surface area (Å²) >= 11 is 3.50. The second-order valence-corrected chi connectivity index (χ2v) is 4.96. The maximum atomic E-state index is 3.50.